The lowest BCUT2D eigenvalue weighted by atomic mass is 10.0. The Morgan fingerprint density at radius 3 is 2.48 bits per heavy atom. The first kappa shape index (κ1) is 22.1. The van der Waals surface area contributed by atoms with Crippen molar-refractivity contribution in [1.29, 1.82) is 0 Å². The van der Waals surface area contributed by atoms with Crippen molar-refractivity contribution >= 4 is 16.0 Å². The van der Waals surface area contributed by atoms with Crippen LogP contribution in [0.1, 0.15) is 33.1 Å². The van der Waals surface area contributed by atoms with Crippen LogP contribution in [0.4, 0.5) is 0 Å². The molecule has 25 heavy (non-hydrogen) atoms. The molecule has 0 aromatic carbocycles. The van der Waals surface area contributed by atoms with E-state index in [9.17, 15) is 8.42 Å². The molecule has 0 amide bonds. The lowest BCUT2D eigenvalue weighted by molar-refractivity contribution is 0.155. The van der Waals surface area contributed by atoms with E-state index >= 15 is 0 Å². The Morgan fingerprint density at radius 1 is 1.32 bits per heavy atom. The molecule has 0 spiro atoms. The summed E-state index contributed by atoms with van der Waals surface area (Å²) >= 11 is 0. The van der Waals surface area contributed by atoms with Crippen LogP contribution in [0.15, 0.2) is 4.99 Å². The highest BCUT2D eigenvalue weighted by molar-refractivity contribution is 7.88. The molecule has 0 unspecified atom stereocenters. The summed E-state index contributed by atoms with van der Waals surface area (Å²) < 4.78 is 30.5. The van der Waals surface area contributed by atoms with Gasteiger partial charge < -0.3 is 20.3 Å². The van der Waals surface area contributed by atoms with Crippen LogP contribution >= 0.6 is 0 Å². The van der Waals surface area contributed by atoms with Crippen molar-refractivity contribution in [2.45, 2.75) is 44.7 Å². The van der Waals surface area contributed by atoms with E-state index in [2.05, 4.69) is 25.2 Å². The summed E-state index contributed by atoms with van der Waals surface area (Å²) in [5.74, 6) is 0.709. The molecule has 9 heteroatoms. The smallest absolute Gasteiger partial charge is 0.209 e. The molecule has 1 heterocycles. The maximum atomic E-state index is 11.4. The largest absolute Gasteiger partial charge is 0.385 e. The molecule has 0 aromatic heterocycles. The van der Waals surface area contributed by atoms with Gasteiger partial charge in [0.1, 0.15) is 0 Å². The van der Waals surface area contributed by atoms with E-state index in [1.165, 1.54) is 6.26 Å². The SMILES string of the molecule is CN=C(NCC(C)(C)NS(C)(=O)=O)NC1CCN(CCCOC)CC1. The van der Waals surface area contributed by atoms with Gasteiger partial charge in [0.2, 0.25) is 10.0 Å². The van der Waals surface area contributed by atoms with Gasteiger partial charge in [-0.05, 0) is 33.1 Å². The number of guanidine groups is 1. The number of methoxy groups -OCH3 is 1. The molecule has 3 N–H and O–H groups in total. The summed E-state index contributed by atoms with van der Waals surface area (Å²) in [5.41, 5.74) is -0.587. The first-order valence-corrected chi connectivity index (χ1v) is 10.7. The fourth-order valence-corrected chi connectivity index (χ4v) is 4.04. The van der Waals surface area contributed by atoms with Gasteiger partial charge >= 0.3 is 0 Å². The summed E-state index contributed by atoms with van der Waals surface area (Å²) in [6.45, 7) is 8.17. The van der Waals surface area contributed by atoms with Crippen LogP contribution in [0, 0.1) is 0 Å². The Balaban J connectivity index is 2.35. The predicted molar refractivity (Wildman–Crippen MR) is 103 cm³/mol. The Bertz CT molecular complexity index is 514. The monoisotopic (exact) mass is 377 g/mol. The first-order chi connectivity index (χ1) is 11.6. The fourth-order valence-electron chi connectivity index (χ4n) is 2.96. The Morgan fingerprint density at radius 2 is 1.96 bits per heavy atom. The van der Waals surface area contributed by atoms with E-state index in [1.54, 1.807) is 14.2 Å². The second-order valence-electron chi connectivity index (χ2n) is 7.29. The topological polar surface area (TPSA) is 95.1 Å². The van der Waals surface area contributed by atoms with Gasteiger partial charge in [0.25, 0.3) is 0 Å². The number of likely N-dealkylation sites (tertiary alicyclic amines) is 1. The van der Waals surface area contributed by atoms with Crippen LogP contribution in [0.3, 0.4) is 0 Å². The minimum absolute atomic E-state index is 0.385. The predicted octanol–water partition coefficient (Wildman–Crippen LogP) is -0.0199. The number of aliphatic imine (C=N–C) groups is 1. The molecule has 0 bridgehead atoms. The van der Waals surface area contributed by atoms with Crippen molar-refractivity contribution in [2.75, 3.05) is 53.2 Å². The third-order valence-corrected chi connectivity index (χ3v) is 5.06. The van der Waals surface area contributed by atoms with E-state index in [0.717, 1.165) is 45.5 Å². The van der Waals surface area contributed by atoms with E-state index in [4.69, 9.17) is 4.74 Å². The lowest BCUT2D eigenvalue weighted by Gasteiger charge is -2.33. The molecule has 0 aliphatic carbocycles. The Labute approximate surface area is 152 Å². The molecule has 0 aromatic rings. The molecule has 1 aliphatic rings. The number of nitrogens with one attached hydrogen (secondary N) is 3. The van der Waals surface area contributed by atoms with Crippen molar-refractivity contribution in [1.82, 2.24) is 20.3 Å². The molecular formula is C16H35N5O3S. The maximum absolute atomic E-state index is 11.4. The van der Waals surface area contributed by atoms with Crippen molar-refractivity contribution in [3.63, 3.8) is 0 Å². The highest BCUT2D eigenvalue weighted by atomic mass is 32.2. The third kappa shape index (κ3) is 9.98. The van der Waals surface area contributed by atoms with Crippen LogP contribution in [0.2, 0.25) is 0 Å². The van der Waals surface area contributed by atoms with Gasteiger partial charge in [-0.25, -0.2) is 13.1 Å². The zero-order valence-corrected chi connectivity index (χ0v) is 17.1. The molecule has 1 rings (SSSR count). The summed E-state index contributed by atoms with van der Waals surface area (Å²) in [5, 5.41) is 6.65. The number of piperidine rings is 1. The van der Waals surface area contributed by atoms with Gasteiger partial charge in [-0.1, -0.05) is 0 Å². The van der Waals surface area contributed by atoms with Crippen LogP contribution in [0.5, 0.6) is 0 Å². The zero-order chi connectivity index (χ0) is 18.9. The third-order valence-electron chi connectivity index (χ3n) is 4.13. The maximum Gasteiger partial charge on any atom is 0.209 e. The van der Waals surface area contributed by atoms with Crippen LogP contribution in [-0.4, -0.2) is 84.1 Å². The van der Waals surface area contributed by atoms with E-state index < -0.39 is 15.6 Å². The van der Waals surface area contributed by atoms with Crippen molar-refractivity contribution in [2.24, 2.45) is 4.99 Å². The number of sulfonamides is 1. The minimum atomic E-state index is -3.24. The normalized spacial score (nSPS) is 18.4. The van der Waals surface area contributed by atoms with Crippen molar-refractivity contribution in [3.05, 3.63) is 0 Å². The van der Waals surface area contributed by atoms with Crippen LogP contribution in [0.25, 0.3) is 0 Å². The molecular weight excluding hydrogens is 342 g/mol. The van der Waals surface area contributed by atoms with Gasteiger partial charge in [-0.15, -0.1) is 0 Å². The quantitative estimate of drug-likeness (QED) is 0.297. The Hall–Kier alpha value is -0.900. The lowest BCUT2D eigenvalue weighted by Crippen LogP contribution is -2.55. The number of rotatable bonds is 9. The van der Waals surface area contributed by atoms with Gasteiger partial charge in [0, 0.05) is 58.5 Å². The minimum Gasteiger partial charge on any atom is -0.385 e. The summed E-state index contributed by atoms with van der Waals surface area (Å²) in [6, 6.07) is 0.385. The second-order valence-corrected chi connectivity index (χ2v) is 9.04. The number of ether oxygens (including phenoxy) is 1. The molecule has 1 aliphatic heterocycles. The number of hydrogen-bond acceptors (Lipinski definition) is 5. The molecule has 0 saturated carbocycles. The second kappa shape index (κ2) is 10.3. The van der Waals surface area contributed by atoms with Gasteiger partial charge in [0.15, 0.2) is 5.96 Å². The van der Waals surface area contributed by atoms with E-state index in [1.807, 2.05) is 13.8 Å². The number of nitrogens with zero attached hydrogens (tertiary/aromatic N) is 2. The van der Waals surface area contributed by atoms with Crippen molar-refractivity contribution < 1.29 is 13.2 Å². The number of hydrogen-bond donors (Lipinski definition) is 3. The Kier molecular flexibility index (Phi) is 9.12. The average Bonchev–Trinajstić information content (AvgIpc) is 2.51. The average molecular weight is 378 g/mol. The van der Waals surface area contributed by atoms with Gasteiger partial charge in [-0.3, -0.25) is 4.99 Å². The molecule has 0 atom stereocenters. The molecule has 1 saturated heterocycles. The zero-order valence-electron chi connectivity index (χ0n) is 16.3. The summed E-state index contributed by atoms with van der Waals surface area (Å²) in [6.07, 6.45) is 4.37. The molecule has 0 radical (unpaired) electrons. The standard InChI is InChI=1S/C16H35N5O3S/c1-16(2,20-25(5,22)23)13-18-15(17-3)19-14-7-10-21(11-8-14)9-6-12-24-4/h14,20H,6-13H2,1-5H3,(H2,17,18,19). The highest BCUT2D eigenvalue weighted by Gasteiger charge is 2.24. The molecule has 8 nitrogen and oxygen atoms in total. The highest BCUT2D eigenvalue weighted by Crippen LogP contribution is 2.10. The first-order valence-electron chi connectivity index (χ1n) is 8.82. The van der Waals surface area contributed by atoms with Crippen LogP contribution in [-0.2, 0) is 14.8 Å². The molecule has 148 valence electrons. The van der Waals surface area contributed by atoms with Gasteiger partial charge in [0.05, 0.1) is 6.26 Å². The van der Waals surface area contributed by atoms with Gasteiger partial charge in [-0.2, -0.15) is 0 Å². The summed E-state index contributed by atoms with van der Waals surface area (Å²) in [4.78, 5) is 6.71. The van der Waals surface area contributed by atoms with E-state index in [0.29, 0.717) is 18.5 Å². The fraction of sp³-hybridized carbons (Fsp3) is 0.938. The van der Waals surface area contributed by atoms with Crippen molar-refractivity contribution in [3.8, 4) is 0 Å². The van der Waals surface area contributed by atoms with Crippen LogP contribution < -0.4 is 15.4 Å². The van der Waals surface area contributed by atoms with E-state index in [-0.39, 0.29) is 0 Å². The molecule has 1 fully saturated rings. The summed E-state index contributed by atoms with van der Waals surface area (Å²) in [7, 11) is 0.222.